The Morgan fingerprint density at radius 3 is 2.13 bits per heavy atom. The molecular weight excluding hydrogens is 386 g/mol. The molecule has 1 aromatic heterocycles. The maximum absolute atomic E-state index is 13.6. The molecule has 0 bridgehead atoms. The summed E-state index contributed by atoms with van der Waals surface area (Å²) in [6, 6.07) is 18.6. The van der Waals surface area contributed by atoms with Crippen LogP contribution in [0.5, 0.6) is 0 Å². The van der Waals surface area contributed by atoms with Gasteiger partial charge >= 0.3 is 11.4 Å². The fraction of sp³-hybridized carbons (Fsp3) is 0.115. The number of hydrogen-bond donors (Lipinski definition) is 0. The van der Waals surface area contributed by atoms with Crippen molar-refractivity contribution in [2.24, 2.45) is 0 Å². The van der Waals surface area contributed by atoms with E-state index in [0.29, 0.717) is 12.2 Å². The van der Waals surface area contributed by atoms with E-state index in [1.165, 1.54) is 4.57 Å². The van der Waals surface area contributed by atoms with E-state index in [4.69, 9.17) is 0 Å². The lowest BCUT2D eigenvalue weighted by Crippen LogP contribution is -2.39. The molecule has 2 aromatic carbocycles. The Morgan fingerprint density at radius 1 is 0.903 bits per heavy atom. The highest BCUT2D eigenvalue weighted by molar-refractivity contribution is 5.75. The smallest absolute Gasteiger partial charge is 0.245 e. The first-order chi connectivity index (χ1) is 15.1. The highest BCUT2D eigenvalue weighted by Crippen LogP contribution is 2.44. The van der Waals surface area contributed by atoms with Crippen LogP contribution < -0.4 is 11.4 Å². The van der Waals surface area contributed by atoms with Crippen LogP contribution in [0.2, 0.25) is 0 Å². The Balaban J connectivity index is 1.80. The second-order valence-corrected chi connectivity index (χ2v) is 7.80. The topological polar surface area (TPSA) is 48.9 Å². The molecule has 0 amide bonds. The van der Waals surface area contributed by atoms with Crippen molar-refractivity contribution in [3.63, 3.8) is 0 Å². The zero-order chi connectivity index (χ0) is 21.5. The summed E-state index contributed by atoms with van der Waals surface area (Å²) >= 11 is 0. The first kappa shape index (κ1) is 19.6. The van der Waals surface area contributed by atoms with Crippen molar-refractivity contribution >= 4 is 5.57 Å². The molecular formula is C26H22N3O2. The molecule has 2 heterocycles. The van der Waals surface area contributed by atoms with Crippen molar-refractivity contribution in [3.05, 3.63) is 137 Å². The van der Waals surface area contributed by atoms with E-state index in [2.05, 4.69) is 6.58 Å². The molecule has 5 heteroatoms. The van der Waals surface area contributed by atoms with Gasteiger partial charge in [-0.1, -0.05) is 60.7 Å². The van der Waals surface area contributed by atoms with E-state index in [1.54, 1.807) is 21.5 Å². The van der Waals surface area contributed by atoms with Crippen molar-refractivity contribution in [2.45, 2.75) is 19.5 Å². The normalized spacial score (nSPS) is 18.9. The quantitative estimate of drug-likeness (QED) is 0.660. The highest BCUT2D eigenvalue weighted by Gasteiger charge is 2.39. The Bertz CT molecular complexity index is 1270. The van der Waals surface area contributed by atoms with Gasteiger partial charge in [-0.25, -0.2) is 23.5 Å². The van der Waals surface area contributed by atoms with Crippen molar-refractivity contribution in [1.29, 1.82) is 0 Å². The van der Waals surface area contributed by atoms with Crippen LogP contribution in [0.15, 0.2) is 88.0 Å². The van der Waals surface area contributed by atoms with Gasteiger partial charge in [-0.05, 0) is 61.4 Å². The summed E-state index contributed by atoms with van der Waals surface area (Å²) in [4.78, 5) is 27.1. The van der Waals surface area contributed by atoms with Crippen LogP contribution in [0, 0.1) is 31.6 Å². The number of nitrogens with zero attached hydrogens (tertiary/aromatic N) is 3. The second-order valence-electron chi connectivity index (χ2n) is 7.80. The van der Waals surface area contributed by atoms with Crippen LogP contribution in [-0.4, -0.2) is 13.9 Å². The summed E-state index contributed by atoms with van der Waals surface area (Å²) < 4.78 is 4.39. The minimum absolute atomic E-state index is 0.303. The Kier molecular flexibility index (Phi) is 4.89. The fourth-order valence-corrected chi connectivity index (χ4v) is 4.47. The number of para-hydroxylation sites is 1. The molecule has 1 atom stereocenters. The van der Waals surface area contributed by atoms with Crippen LogP contribution in [0.3, 0.4) is 0 Å². The molecule has 153 valence electrons. The minimum atomic E-state index is -0.429. The molecule has 5 nitrogen and oxygen atoms in total. The van der Waals surface area contributed by atoms with E-state index in [1.807, 2.05) is 81.1 Å². The summed E-state index contributed by atoms with van der Waals surface area (Å²) in [5.41, 5.74) is 3.75. The maximum atomic E-state index is 13.6. The molecule has 3 aromatic rings. The fourth-order valence-electron chi connectivity index (χ4n) is 4.47. The third-order valence-corrected chi connectivity index (χ3v) is 5.81. The summed E-state index contributed by atoms with van der Waals surface area (Å²) in [7, 11) is 0. The molecule has 1 saturated carbocycles. The van der Waals surface area contributed by atoms with Gasteiger partial charge in [0.25, 0.3) is 0 Å². The zero-order valence-electron chi connectivity index (χ0n) is 17.2. The van der Waals surface area contributed by atoms with E-state index in [0.717, 1.165) is 28.2 Å². The molecule has 5 radical (unpaired) electrons. The Hall–Kier alpha value is -3.34. The highest BCUT2D eigenvalue weighted by atomic mass is 16.2. The molecule has 1 fully saturated rings. The van der Waals surface area contributed by atoms with Gasteiger partial charge in [0.15, 0.2) is 0 Å². The lowest BCUT2D eigenvalue weighted by Gasteiger charge is -2.34. The molecule has 0 saturated heterocycles. The SMILES string of the molecule is C=C(C)C1=C(c2ccccc2)Cn2c(=O)n(-c3ccccc3)c(=O)n2C1[C]1[CH][CH][CH][CH]1. The van der Waals surface area contributed by atoms with E-state index in [9.17, 15) is 9.59 Å². The van der Waals surface area contributed by atoms with Crippen LogP contribution in [0.4, 0.5) is 0 Å². The van der Waals surface area contributed by atoms with Crippen LogP contribution >= 0.6 is 0 Å². The third-order valence-electron chi connectivity index (χ3n) is 5.81. The lowest BCUT2D eigenvalue weighted by atomic mass is 9.82. The largest absolute Gasteiger partial charge is 0.352 e. The van der Waals surface area contributed by atoms with E-state index in [-0.39, 0.29) is 11.4 Å². The van der Waals surface area contributed by atoms with Gasteiger partial charge in [-0.2, -0.15) is 0 Å². The average Bonchev–Trinajstić information content (AvgIpc) is 3.41. The number of aromatic nitrogens is 3. The first-order valence-electron chi connectivity index (χ1n) is 10.2. The van der Waals surface area contributed by atoms with Crippen molar-refractivity contribution in [2.75, 3.05) is 0 Å². The number of hydrogen-bond acceptors (Lipinski definition) is 2. The van der Waals surface area contributed by atoms with Gasteiger partial charge in [0.05, 0.1) is 18.3 Å². The number of benzene rings is 2. The van der Waals surface area contributed by atoms with Crippen LogP contribution in [0.25, 0.3) is 11.3 Å². The minimum Gasteiger partial charge on any atom is -0.245 e. The predicted octanol–water partition coefficient (Wildman–Crippen LogP) is 3.79. The predicted molar refractivity (Wildman–Crippen MR) is 122 cm³/mol. The summed E-state index contributed by atoms with van der Waals surface area (Å²) in [6.07, 6.45) is 7.87. The van der Waals surface area contributed by atoms with E-state index < -0.39 is 6.04 Å². The summed E-state index contributed by atoms with van der Waals surface area (Å²) in [6.45, 7) is 6.50. The maximum Gasteiger partial charge on any atom is 0.352 e. The van der Waals surface area contributed by atoms with Gasteiger partial charge in [0.2, 0.25) is 0 Å². The van der Waals surface area contributed by atoms with Gasteiger partial charge in [-0.3, -0.25) is 0 Å². The summed E-state index contributed by atoms with van der Waals surface area (Å²) in [5.74, 6) is 0.951. The van der Waals surface area contributed by atoms with Crippen molar-refractivity contribution in [1.82, 2.24) is 13.9 Å². The first-order valence-corrected chi connectivity index (χ1v) is 10.2. The zero-order valence-corrected chi connectivity index (χ0v) is 17.2. The van der Waals surface area contributed by atoms with Crippen molar-refractivity contribution < 1.29 is 0 Å². The van der Waals surface area contributed by atoms with Gasteiger partial charge in [0.1, 0.15) is 0 Å². The van der Waals surface area contributed by atoms with Gasteiger partial charge in [-0.15, -0.1) is 0 Å². The van der Waals surface area contributed by atoms with Crippen LogP contribution in [-0.2, 0) is 6.54 Å². The number of rotatable bonds is 4. The van der Waals surface area contributed by atoms with Gasteiger partial charge in [0, 0.05) is 5.92 Å². The molecule has 5 rings (SSSR count). The summed E-state index contributed by atoms with van der Waals surface area (Å²) in [5, 5.41) is 0. The monoisotopic (exact) mass is 408 g/mol. The average molecular weight is 408 g/mol. The number of fused-ring (bicyclic) bond motifs is 1. The molecule has 1 aliphatic carbocycles. The second kappa shape index (κ2) is 7.73. The molecule has 31 heavy (non-hydrogen) atoms. The molecule has 2 aliphatic rings. The van der Waals surface area contributed by atoms with Crippen LogP contribution in [0.1, 0.15) is 18.5 Å². The third kappa shape index (κ3) is 3.16. The number of allylic oxidation sites excluding steroid dienone is 3. The Labute approximate surface area is 181 Å². The van der Waals surface area contributed by atoms with Gasteiger partial charge < -0.3 is 0 Å². The molecule has 1 aliphatic heterocycles. The molecule has 0 spiro atoms. The Morgan fingerprint density at radius 2 is 1.52 bits per heavy atom. The lowest BCUT2D eigenvalue weighted by molar-refractivity contribution is 0.412. The molecule has 0 N–H and O–H groups in total. The molecule has 1 unspecified atom stereocenters. The van der Waals surface area contributed by atoms with E-state index >= 15 is 0 Å². The standard InChI is InChI=1S/C26H22N3O2/c1-18(2)23-22(19-11-5-3-6-12-19)17-27-25(30)28(21-15-7-4-8-16-21)26(31)29(27)24(23)20-13-9-10-14-20/h3-16,24H,1,17H2,2H3. The van der Waals surface area contributed by atoms with Crippen molar-refractivity contribution in [3.8, 4) is 5.69 Å².